The molecule has 0 amide bonds. The highest BCUT2D eigenvalue weighted by Gasteiger charge is 2.17. The second-order valence-corrected chi connectivity index (χ2v) is 3.58. The van der Waals surface area contributed by atoms with Crippen LogP contribution in [0.25, 0.3) is 0 Å². The molecule has 0 fully saturated rings. The summed E-state index contributed by atoms with van der Waals surface area (Å²) in [5, 5.41) is 10.5. The van der Waals surface area contributed by atoms with E-state index in [0.717, 1.165) is 6.07 Å². The van der Waals surface area contributed by atoms with Crippen LogP contribution in [0.15, 0.2) is 18.2 Å². The van der Waals surface area contributed by atoms with Gasteiger partial charge in [0.05, 0.1) is 24.2 Å². The van der Waals surface area contributed by atoms with Crippen LogP contribution >= 0.6 is 0 Å². The van der Waals surface area contributed by atoms with E-state index in [1.54, 1.807) is 6.92 Å². The fraction of sp³-hybridized carbons (Fsp3) is 0.455. The maximum absolute atomic E-state index is 13.6. The Morgan fingerprint density at radius 3 is 2.82 bits per heavy atom. The summed E-state index contributed by atoms with van der Waals surface area (Å²) in [6.45, 7) is 2.15. The molecule has 0 saturated heterocycles. The summed E-state index contributed by atoms with van der Waals surface area (Å²) in [4.78, 5) is 9.77. The van der Waals surface area contributed by atoms with E-state index in [4.69, 9.17) is 9.47 Å². The van der Waals surface area contributed by atoms with Crippen LogP contribution in [-0.2, 0) is 16.1 Å². The smallest absolute Gasteiger partial charge is 0.305 e. The summed E-state index contributed by atoms with van der Waals surface area (Å²) in [6.07, 6.45) is -0.196. The van der Waals surface area contributed by atoms with E-state index in [0.29, 0.717) is 6.61 Å². The zero-order valence-electron chi connectivity index (χ0n) is 9.68. The van der Waals surface area contributed by atoms with Crippen molar-refractivity contribution in [1.29, 1.82) is 0 Å². The molecular weight excluding hydrogens is 229 g/mol. The van der Waals surface area contributed by atoms with Crippen LogP contribution in [-0.4, -0.2) is 24.7 Å². The summed E-state index contributed by atoms with van der Waals surface area (Å²) in [5.74, 6) is -0.845. The lowest BCUT2D eigenvalue weighted by molar-refractivity contribution is -0.387. The maximum Gasteiger partial charge on any atom is 0.305 e. The van der Waals surface area contributed by atoms with Crippen molar-refractivity contribution in [3.8, 4) is 0 Å². The van der Waals surface area contributed by atoms with Crippen molar-refractivity contribution in [2.45, 2.75) is 19.6 Å². The number of rotatable bonds is 6. The van der Waals surface area contributed by atoms with Gasteiger partial charge in [-0.3, -0.25) is 10.1 Å². The monoisotopic (exact) mass is 243 g/mol. The van der Waals surface area contributed by atoms with Gasteiger partial charge in [-0.15, -0.1) is 0 Å². The first-order valence-electron chi connectivity index (χ1n) is 5.08. The fourth-order valence-electron chi connectivity index (χ4n) is 1.33. The van der Waals surface area contributed by atoms with Crippen LogP contribution in [0.4, 0.5) is 10.1 Å². The van der Waals surface area contributed by atoms with Crippen LogP contribution in [0.3, 0.4) is 0 Å². The predicted molar refractivity (Wildman–Crippen MR) is 59.2 cm³/mol. The van der Waals surface area contributed by atoms with Crippen LogP contribution in [0, 0.1) is 15.9 Å². The molecule has 5 nitrogen and oxygen atoms in total. The number of benzene rings is 1. The molecule has 6 heteroatoms. The third-order valence-corrected chi connectivity index (χ3v) is 2.18. The Hall–Kier alpha value is -1.53. The van der Waals surface area contributed by atoms with E-state index >= 15 is 0 Å². The Labute approximate surface area is 98.3 Å². The number of hydrogen-bond acceptors (Lipinski definition) is 4. The Bertz CT molecular complexity index is 397. The van der Waals surface area contributed by atoms with Gasteiger partial charge in [0.1, 0.15) is 0 Å². The number of methoxy groups -OCH3 is 1. The Kier molecular flexibility index (Phi) is 4.99. The maximum atomic E-state index is 13.6. The third-order valence-electron chi connectivity index (χ3n) is 2.18. The van der Waals surface area contributed by atoms with Gasteiger partial charge in [0, 0.05) is 18.7 Å². The number of ether oxygens (including phenoxy) is 2. The Balaban J connectivity index is 2.72. The number of nitrogens with zero attached hydrogens (tertiary/aromatic N) is 1. The van der Waals surface area contributed by atoms with Crippen molar-refractivity contribution >= 4 is 5.69 Å². The average molecular weight is 243 g/mol. The van der Waals surface area contributed by atoms with Gasteiger partial charge in [-0.05, 0) is 6.92 Å². The van der Waals surface area contributed by atoms with Gasteiger partial charge < -0.3 is 9.47 Å². The highest BCUT2D eigenvalue weighted by Crippen LogP contribution is 2.20. The van der Waals surface area contributed by atoms with E-state index in [2.05, 4.69) is 0 Å². The summed E-state index contributed by atoms with van der Waals surface area (Å²) < 4.78 is 23.8. The number of nitro benzene ring substituents is 1. The minimum absolute atomic E-state index is 0.0158. The molecule has 1 unspecified atom stereocenters. The minimum atomic E-state index is -0.845. The molecule has 0 aliphatic heterocycles. The van der Waals surface area contributed by atoms with E-state index in [1.165, 1.54) is 19.2 Å². The van der Waals surface area contributed by atoms with Crippen LogP contribution in [0.5, 0.6) is 0 Å². The average Bonchev–Trinajstić information content (AvgIpc) is 2.27. The third kappa shape index (κ3) is 3.76. The highest BCUT2D eigenvalue weighted by molar-refractivity contribution is 5.36. The molecule has 0 radical (unpaired) electrons. The van der Waals surface area contributed by atoms with Crippen LogP contribution < -0.4 is 0 Å². The summed E-state index contributed by atoms with van der Waals surface area (Å²) >= 11 is 0. The first kappa shape index (κ1) is 13.5. The van der Waals surface area contributed by atoms with Crippen molar-refractivity contribution in [2.75, 3.05) is 13.7 Å². The van der Waals surface area contributed by atoms with Crippen LogP contribution in [0.2, 0.25) is 0 Å². The number of hydrogen-bond donors (Lipinski definition) is 0. The van der Waals surface area contributed by atoms with Gasteiger partial charge in [0.2, 0.25) is 5.82 Å². The highest BCUT2D eigenvalue weighted by atomic mass is 19.1. The molecule has 1 aromatic rings. The van der Waals surface area contributed by atoms with Crippen molar-refractivity contribution in [1.82, 2.24) is 0 Å². The van der Waals surface area contributed by atoms with Crippen LogP contribution in [0.1, 0.15) is 12.5 Å². The summed E-state index contributed by atoms with van der Waals surface area (Å²) in [5.41, 5.74) is -0.368. The van der Waals surface area contributed by atoms with E-state index in [9.17, 15) is 14.5 Å². The quantitative estimate of drug-likeness (QED) is 0.568. The van der Waals surface area contributed by atoms with Crippen molar-refractivity contribution < 1.29 is 18.8 Å². The van der Waals surface area contributed by atoms with Gasteiger partial charge in [-0.2, -0.15) is 4.39 Å². The summed E-state index contributed by atoms with van der Waals surface area (Å²) in [6, 6.07) is 4.01. The molecule has 94 valence electrons. The zero-order valence-corrected chi connectivity index (χ0v) is 9.68. The Morgan fingerprint density at radius 2 is 2.24 bits per heavy atom. The minimum Gasteiger partial charge on any atom is -0.382 e. The first-order valence-corrected chi connectivity index (χ1v) is 5.08. The predicted octanol–water partition coefficient (Wildman–Crippen LogP) is 2.29. The molecule has 1 aromatic carbocycles. The molecule has 0 N–H and O–H groups in total. The van der Waals surface area contributed by atoms with Crippen molar-refractivity contribution in [2.24, 2.45) is 0 Å². The molecule has 1 atom stereocenters. The topological polar surface area (TPSA) is 61.6 Å². The summed E-state index contributed by atoms with van der Waals surface area (Å²) in [7, 11) is 1.54. The van der Waals surface area contributed by atoms with E-state index in [-0.39, 0.29) is 18.3 Å². The SMILES string of the molecule is COCC(C)OCc1cccc([N+](=O)[O-])c1F. The molecule has 0 aliphatic carbocycles. The molecule has 0 aromatic heterocycles. The Morgan fingerprint density at radius 1 is 1.53 bits per heavy atom. The van der Waals surface area contributed by atoms with Crippen molar-refractivity contribution in [3.63, 3.8) is 0 Å². The number of nitro groups is 1. The lowest BCUT2D eigenvalue weighted by atomic mass is 10.2. The standard InChI is InChI=1S/C11H14FNO4/c1-8(6-16-2)17-7-9-4-3-5-10(11(9)12)13(14)15/h3-5,8H,6-7H2,1-2H3. The largest absolute Gasteiger partial charge is 0.382 e. The lowest BCUT2D eigenvalue weighted by Crippen LogP contribution is -2.15. The number of halogens is 1. The first-order chi connectivity index (χ1) is 8.06. The van der Waals surface area contributed by atoms with E-state index < -0.39 is 16.4 Å². The molecule has 17 heavy (non-hydrogen) atoms. The molecule has 0 spiro atoms. The fourth-order valence-corrected chi connectivity index (χ4v) is 1.33. The zero-order chi connectivity index (χ0) is 12.8. The second-order valence-electron chi connectivity index (χ2n) is 3.58. The molecular formula is C11H14FNO4. The normalized spacial score (nSPS) is 12.4. The van der Waals surface area contributed by atoms with Gasteiger partial charge in [0.15, 0.2) is 0 Å². The molecule has 0 heterocycles. The van der Waals surface area contributed by atoms with Gasteiger partial charge >= 0.3 is 5.69 Å². The van der Waals surface area contributed by atoms with Gasteiger partial charge in [-0.25, -0.2) is 0 Å². The molecule has 0 bridgehead atoms. The van der Waals surface area contributed by atoms with Gasteiger partial charge in [-0.1, -0.05) is 12.1 Å². The lowest BCUT2D eigenvalue weighted by Gasteiger charge is -2.12. The van der Waals surface area contributed by atoms with Crippen molar-refractivity contribution in [3.05, 3.63) is 39.7 Å². The van der Waals surface area contributed by atoms with Gasteiger partial charge in [0.25, 0.3) is 0 Å². The van der Waals surface area contributed by atoms with E-state index in [1.807, 2.05) is 0 Å². The molecule has 1 rings (SSSR count). The molecule has 0 aliphatic rings. The second kappa shape index (κ2) is 6.27. The molecule has 0 saturated carbocycles.